The van der Waals surface area contributed by atoms with Gasteiger partial charge < -0.3 is 11.1 Å². The van der Waals surface area contributed by atoms with Gasteiger partial charge in [-0.1, -0.05) is 12.8 Å². The number of hydrogen-bond donors (Lipinski definition) is 2. The van der Waals surface area contributed by atoms with Gasteiger partial charge in [-0.2, -0.15) is 0 Å². The summed E-state index contributed by atoms with van der Waals surface area (Å²) < 4.78 is 12.7. The Labute approximate surface area is 130 Å². The summed E-state index contributed by atoms with van der Waals surface area (Å²) in [5.74, 6) is 1.03. The zero-order valence-electron chi connectivity index (χ0n) is 11.2. The molecule has 0 spiro atoms. The van der Waals surface area contributed by atoms with Crippen molar-refractivity contribution in [1.82, 2.24) is 0 Å². The van der Waals surface area contributed by atoms with E-state index in [2.05, 4.69) is 21.2 Å². The van der Waals surface area contributed by atoms with E-state index >= 15 is 0 Å². The van der Waals surface area contributed by atoms with Crippen LogP contribution in [0.3, 0.4) is 0 Å². The largest absolute Gasteiger partial charge is 0.399 e. The zero-order valence-corrected chi connectivity index (χ0v) is 13.6. The predicted octanol–water partition coefficient (Wildman–Crippen LogP) is 2.91. The van der Waals surface area contributed by atoms with Crippen molar-refractivity contribution < 1.29 is 9.00 Å². The van der Waals surface area contributed by atoms with Crippen molar-refractivity contribution in [2.45, 2.75) is 25.7 Å². The molecule has 3 N–H and O–H groups in total. The van der Waals surface area contributed by atoms with E-state index in [0.29, 0.717) is 23.0 Å². The molecule has 1 atom stereocenters. The fourth-order valence-corrected chi connectivity index (χ4v) is 4.30. The molecule has 1 saturated carbocycles. The topological polar surface area (TPSA) is 72.2 Å². The second kappa shape index (κ2) is 7.22. The van der Waals surface area contributed by atoms with E-state index in [4.69, 9.17) is 5.73 Å². The van der Waals surface area contributed by atoms with Gasteiger partial charge >= 0.3 is 0 Å². The summed E-state index contributed by atoms with van der Waals surface area (Å²) >= 11 is 3.34. The molecular formula is C14H19BrN2O2S. The molecule has 1 aliphatic carbocycles. The fraction of sp³-hybridized carbons (Fsp3) is 0.500. The van der Waals surface area contributed by atoms with Crippen LogP contribution in [-0.4, -0.2) is 21.6 Å². The van der Waals surface area contributed by atoms with Gasteiger partial charge in [-0.25, -0.2) is 0 Å². The summed E-state index contributed by atoms with van der Waals surface area (Å²) in [5, 5.41) is 2.76. The van der Waals surface area contributed by atoms with Crippen molar-refractivity contribution in [3.63, 3.8) is 0 Å². The minimum atomic E-state index is -1.08. The number of nitrogen functional groups attached to an aromatic ring is 1. The van der Waals surface area contributed by atoms with Crippen molar-refractivity contribution in [3.8, 4) is 0 Å². The molecule has 1 aromatic rings. The van der Waals surface area contributed by atoms with Gasteiger partial charge in [0.2, 0.25) is 5.91 Å². The Kier molecular flexibility index (Phi) is 5.60. The number of carbonyl (C=O) groups excluding carboxylic acids is 1. The quantitative estimate of drug-likeness (QED) is 0.794. The lowest BCUT2D eigenvalue weighted by atomic mass is 10.1. The molecule has 0 saturated heterocycles. The Balaban J connectivity index is 1.83. The van der Waals surface area contributed by atoms with Crippen LogP contribution in [0.4, 0.5) is 11.4 Å². The van der Waals surface area contributed by atoms with E-state index in [9.17, 15) is 9.00 Å². The Morgan fingerprint density at radius 2 is 2.10 bits per heavy atom. The first-order valence-electron chi connectivity index (χ1n) is 6.74. The number of hydrogen-bond acceptors (Lipinski definition) is 3. The SMILES string of the molecule is Nc1ccc(NC(=O)CS(=O)CC2CCCC2)c(Br)c1. The van der Waals surface area contributed by atoms with Gasteiger partial charge in [-0.15, -0.1) is 0 Å². The van der Waals surface area contributed by atoms with E-state index in [0.717, 1.165) is 17.3 Å². The van der Waals surface area contributed by atoms with Gasteiger partial charge in [0.05, 0.1) is 5.69 Å². The molecule has 1 amide bonds. The monoisotopic (exact) mass is 358 g/mol. The predicted molar refractivity (Wildman–Crippen MR) is 87.0 cm³/mol. The standard InChI is InChI=1S/C14H19BrN2O2S/c15-12-7-11(16)5-6-13(12)17-14(18)9-20(19)8-10-3-1-2-4-10/h5-7,10H,1-4,8-9,16H2,(H,17,18). The number of anilines is 2. The van der Waals surface area contributed by atoms with Gasteiger partial charge in [-0.05, 0) is 52.9 Å². The molecule has 0 radical (unpaired) electrons. The molecule has 1 fully saturated rings. The molecule has 1 aromatic carbocycles. The average molecular weight is 359 g/mol. The van der Waals surface area contributed by atoms with Crippen LogP contribution in [0.25, 0.3) is 0 Å². The third kappa shape index (κ3) is 4.59. The minimum Gasteiger partial charge on any atom is -0.399 e. The molecule has 20 heavy (non-hydrogen) atoms. The molecule has 0 heterocycles. The first kappa shape index (κ1) is 15.5. The van der Waals surface area contributed by atoms with Gasteiger partial charge in [0, 0.05) is 26.7 Å². The maximum absolute atomic E-state index is 12.0. The molecule has 1 unspecified atom stereocenters. The maximum atomic E-state index is 12.0. The van der Waals surface area contributed by atoms with Crippen LogP contribution in [-0.2, 0) is 15.6 Å². The Bertz CT molecular complexity index is 516. The number of nitrogens with one attached hydrogen (secondary N) is 1. The Morgan fingerprint density at radius 1 is 1.40 bits per heavy atom. The summed E-state index contributed by atoms with van der Waals surface area (Å²) in [6.07, 6.45) is 4.76. The molecule has 1 aliphatic rings. The third-order valence-corrected chi connectivity index (χ3v) is 5.54. The molecule has 4 nitrogen and oxygen atoms in total. The number of benzene rings is 1. The van der Waals surface area contributed by atoms with Crippen LogP contribution >= 0.6 is 15.9 Å². The van der Waals surface area contributed by atoms with Gasteiger partial charge in [0.1, 0.15) is 5.75 Å². The molecule has 0 bridgehead atoms. The molecule has 0 aliphatic heterocycles. The highest BCUT2D eigenvalue weighted by Crippen LogP contribution is 2.26. The number of halogens is 1. The van der Waals surface area contributed by atoms with E-state index in [-0.39, 0.29) is 11.7 Å². The Morgan fingerprint density at radius 3 is 2.75 bits per heavy atom. The molecule has 110 valence electrons. The van der Waals surface area contributed by atoms with Crippen molar-refractivity contribution in [3.05, 3.63) is 22.7 Å². The highest BCUT2D eigenvalue weighted by atomic mass is 79.9. The van der Waals surface area contributed by atoms with E-state index in [1.807, 2.05) is 0 Å². The second-order valence-corrected chi connectivity index (χ2v) is 7.54. The normalized spacial score (nSPS) is 17.1. The summed E-state index contributed by atoms with van der Waals surface area (Å²) in [4.78, 5) is 11.9. The van der Waals surface area contributed by atoms with Crippen molar-refractivity contribution in [2.75, 3.05) is 22.6 Å². The van der Waals surface area contributed by atoms with Crippen molar-refractivity contribution in [2.24, 2.45) is 5.92 Å². The molecule has 2 rings (SSSR count). The number of carbonyl (C=O) groups is 1. The molecule has 0 aromatic heterocycles. The smallest absolute Gasteiger partial charge is 0.237 e. The van der Waals surface area contributed by atoms with Crippen LogP contribution in [0.2, 0.25) is 0 Å². The van der Waals surface area contributed by atoms with E-state index < -0.39 is 10.8 Å². The average Bonchev–Trinajstić information content (AvgIpc) is 2.85. The van der Waals surface area contributed by atoms with Crippen LogP contribution in [0, 0.1) is 5.92 Å². The first-order valence-corrected chi connectivity index (χ1v) is 9.02. The zero-order chi connectivity index (χ0) is 14.5. The van der Waals surface area contributed by atoms with E-state index in [1.165, 1.54) is 12.8 Å². The highest BCUT2D eigenvalue weighted by Gasteiger charge is 2.19. The Hall–Kier alpha value is -0.880. The van der Waals surface area contributed by atoms with Crippen LogP contribution in [0.15, 0.2) is 22.7 Å². The summed E-state index contributed by atoms with van der Waals surface area (Å²) in [6.45, 7) is 0. The lowest BCUT2D eigenvalue weighted by Crippen LogP contribution is -2.22. The number of rotatable bonds is 5. The molecule has 6 heteroatoms. The number of nitrogens with two attached hydrogens (primary N) is 1. The van der Waals surface area contributed by atoms with E-state index in [1.54, 1.807) is 18.2 Å². The highest BCUT2D eigenvalue weighted by molar-refractivity contribution is 9.10. The minimum absolute atomic E-state index is 0.0628. The van der Waals surface area contributed by atoms with Crippen molar-refractivity contribution in [1.29, 1.82) is 0 Å². The lowest BCUT2D eigenvalue weighted by molar-refractivity contribution is -0.113. The van der Waals surface area contributed by atoms with Gasteiger partial charge in [-0.3, -0.25) is 9.00 Å². The van der Waals surface area contributed by atoms with Gasteiger partial charge in [0.25, 0.3) is 0 Å². The van der Waals surface area contributed by atoms with Crippen LogP contribution in [0.1, 0.15) is 25.7 Å². The first-order chi connectivity index (χ1) is 9.54. The van der Waals surface area contributed by atoms with Crippen LogP contribution < -0.4 is 11.1 Å². The summed E-state index contributed by atoms with van der Waals surface area (Å²) in [7, 11) is -1.08. The summed E-state index contributed by atoms with van der Waals surface area (Å²) in [6, 6.07) is 5.18. The number of amides is 1. The third-order valence-electron chi connectivity index (χ3n) is 3.46. The molecular weight excluding hydrogens is 340 g/mol. The lowest BCUT2D eigenvalue weighted by Gasteiger charge is -2.10. The summed E-state index contributed by atoms with van der Waals surface area (Å²) in [5.41, 5.74) is 6.92. The van der Waals surface area contributed by atoms with Crippen molar-refractivity contribution >= 4 is 44.0 Å². The van der Waals surface area contributed by atoms with Crippen LogP contribution in [0.5, 0.6) is 0 Å². The maximum Gasteiger partial charge on any atom is 0.237 e. The fourth-order valence-electron chi connectivity index (χ4n) is 2.46. The second-order valence-electron chi connectivity index (χ2n) is 5.19. The van der Waals surface area contributed by atoms with Gasteiger partial charge in [0.15, 0.2) is 0 Å².